The predicted molar refractivity (Wildman–Crippen MR) is 59.9 cm³/mol. The molecule has 0 aliphatic carbocycles. The molecule has 2 heterocycles. The standard InChI is InChI=1S/C11H13N3O2/c1-12-7-9-6-10(16-13-9)8-3-4-14(2)11(15)5-8/h3-6,12H,7H2,1-2H3. The van der Waals surface area contributed by atoms with Gasteiger partial charge in [-0.05, 0) is 13.1 Å². The van der Waals surface area contributed by atoms with Crippen LogP contribution in [0.15, 0.2) is 33.7 Å². The fourth-order valence-electron chi connectivity index (χ4n) is 1.41. The zero-order valence-corrected chi connectivity index (χ0v) is 9.23. The Kier molecular flexibility index (Phi) is 2.87. The molecule has 1 N–H and O–H groups in total. The second-order valence-electron chi connectivity index (χ2n) is 3.58. The highest BCUT2D eigenvalue weighted by atomic mass is 16.5. The summed E-state index contributed by atoms with van der Waals surface area (Å²) < 4.78 is 6.67. The van der Waals surface area contributed by atoms with Gasteiger partial charge in [0.25, 0.3) is 5.56 Å². The average molecular weight is 219 g/mol. The highest BCUT2D eigenvalue weighted by molar-refractivity contribution is 5.56. The van der Waals surface area contributed by atoms with Crippen LogP contribution in [0.4, 0.5) is 0 Å². The van der Waals surface area contributed by atoms with Crippen molar-refractivity contribution in [1.29, 1.82) is 0 Å². The first-order valence-electron chi connectivity index (χ1n) is 4.98. The molecule has 0 bridgehead atoms. The van der Waals surface area contributed by atoms with E-state index in [1.165, 1.54) is 10.6 Å². The van der Waals surface area contributed by atoms with Gasteiger partial charge in [0.1, 0.15) is 0 Å². The predicted octanol–water partition coefficient (Wildman–Crippen LogP) is 0.760. The van der Waals surface area contributed by atoms with E-state index < -0.39 is 0 Å². The summed E-state index contributed by atoms with van der Waals surface area (Å²) in [5.74, 6) is 0.614. The number of nitrogens with one attached hydrogen (secondary N) is 1. The third kappa shape index (κ3) is 2.04. The number of aromatic nitrogens is 2. The molecule has 2 aromatic heterocycles. The van der Waals surface area contributed by atoms with Crippen LogP contribution in [0, 0.1) is 0 Å². The molecule has 0 atom stereocenters. The molecule has 0 unspecified atom stereocenters. The third-order valence-electron chi connectivity index (χ3n) is 2.31. The van der Waals surface area contributed by atoms with Gasteiger partial charge in [0, 0.05) is 37.5 Å². The van der Waals surface area contributed by atoms with E-state index in [0.717, 1.165) is 11.3 Å². The number of rotatable bonds is 3. The maximum absolute atomic E-state index is 11.4. The van der Waals surface area contributed by atoms with E-state index in [-0.39, 0.29) is 5.56 Å². The van der Waals surface area contributed by atoms with Crippen molar-refractivity contribution in [1.82, 2.24) is 15.0 Å². The molecule has 0 saturated heterocycles. The number of aryl methyl sites for hydroxylation is 1. The van der Waals surface area contributed by atoms with Gasteiger partial charge in [0.2, 0.25) is 0 Å². The van der Waals surface area contributed by atoms with E-state index in [2.05, 4.69) is 10.5 Å². The summed E-state index contributed by atoms with van der Waals surface area (Å²) in [4.78, 5) is 11.4. The van der Waals surface area contributed by atoms with Crippen LogP contribution in [-0.4, -0.2) is 16.8 Å². The summed E-state index contributed by atoms with van der Waals surface area (Å²) >= 11 is 0. The minimum absolute atomic E-state index is 0.0657. The highest BCUT2D eigenvalue weighted by Crippen LogP contribution is 2.18. The first kappa shape index (κ1) is 10.6. The number of hydrogen-bond donors (Lipinski definition) is 1. The van der Waals surface area contributed by atoms with Crippen molar-refractivity contribution in [2.24, 2.45) is 7.05 Å². The van der Waals surface area contributed by atoms with Gasteiger partial charge in [-0.3, -0.25) is 4.79 Å². The van der Waals surface area contributed by atoms with Crippen LogP contribution in [0.5, 0.6) is 0 Å². The Labute approximate surface area is 92.7 Å². The summed E-state index contributed by atoms with van der Waals surface area (Å²) in [6.07, 6.45) is 1.71. The molecule has 0 spiro atoms. The molecule has 0 aliphatic heterocycles. The van der Waals surface area contributed by atoms with Crippen molar-refractivity contribution in [3.05, 3.63) is 40.4 Å². The fourth-order valence-corrected chi connectivity index (χ4v) is 1.41. The monoisotopic (exact) mass is 219 g/mol. The van der Waals surface area contributed by atoms with Crippen LogP contribution in [0.2, 0.25) is 0 Å². The molecular weight excluding hydrogens is 206 g/mol. The molecule has 0 aliphatic rings. The van der Waals surface area contributed by atoms with Crippen molar-refractivity contribution in [2.45, 2.75) is 6.54 Å². The van der Waals surface area contributed by atoms with Gasteiger partial charge >= 0.3 is 0 Å². The van der Waals surface area contributed by atoms with Crippen LogP contribution in [-0.2, 0) is 13.6 Å². The van der Waals surface area contributed by atoms with E-state index in [9.17, 15) is 4.79 Å². The lowest BCUT2D eigenvalue weighted by molar-refractivity contribution is 0.421. The first-order valence-corrected chi connectivity index (χ1v) is 4.98. The summed E-state index contributed by atoms with van der Waals surface area (Å²) in [6, 6.07) is 5.18. The lowest BCUT2D eigenvalue weighted by Gasteiger charge is -1.97. The minimum atomic E-state index is -0.0657. The van der Waals surface area contributed by atoms with Gasteiger partial charge in [-0.25, -0.2) is 0 Å². The Bertz CT molecular complexity index is 542. The molecule has 0 fully saturated rings. The normalized spacial score (nSPS) is 10.6. The molecule has 16 heavy (non-hydrogen) atoms. The molecule has 2 aromatic rings. The number of nitrogens with zero attached hydrogens (tertiary/aromatic N) is 2. The Morgan fingerprint density at radius 1 is 1.50 bits per heavy atom. The maximum atomic E-state index is 11.4. The molecule has 0 aromatic carbocycles. The number of pyridine rings is 1. The van der Waals surface area contributed by atoms with Gasteiger partial charge in [0.15, 0.2) is 5.76 Å². The van der Waals surface area contributed by atoms with Crippen LogP contribution >= 0.6 is 0 Å². The van der Waals surface area contributed by atoms with Crippen molar-refractivity contribution < 1.29 is 4.52 Å². The van der Waals surface area contributed by atoms with Crippen molar-refractivity contribution in [3.8, 4) is 11.3 Å². The largest absolute Gasteiger partial charge is 0.356 e. The second kappa shape index (κ2) is 4.32. The van der Waals surface area contributed by atoms with Crippen molar-refractivity contribution >= 4 is 0 Å². The van der Waals surface area contributed by atoms with Crippen LogP contribution in [0.25, 0.3) is 11.3 Å². The van der Waals surface area contributed by atoms with Crippen molar-refractivity contribution in [3.63, 3.8) is 0 Å². The molecule has 84 valence electrons. The Morgan fingerprint density at radius 3 is 3.00 bits per heavy atom. The molecule has 0 amide bonds. The van der Waals surface area contributed by atoms with E-state index in [1.807, 2.05) is 19.2 Å². The molecule has 0 radical (unpaired) electrons. The Hall–Kier alpha value is -1.88. The first-order chi connectivity index (χ1) is 7.70. The Morgan fingerprint density at radius 2 is 2.31 bits per heavy atom. The molecule has 5 nitrogen and oxygen atoms in total. The molecule has 5 heteroatoms. The van der Waals surface area contributed by atoms with Gasteiger partial charge in [-0.15, -0.1) is 0 Å². The molecule has 2 rings (SSSR count). The van der Waals surface area contributed by atoms with Gasteiger partial charge < -0.3 is 14.4 Å². The summed E-state index contributed by atoms with van der Waals surface area (Å²) in [6.45, 7) is 0.647. The van der Waals surface area contributed by atoms with Crippen molar-refractivity contribution in [2.75, 3.05) is 7.05 Å². The van der Waals surface area contributed by atoms with Crippen LogP contribution in [0.1, 0.15) is 5.69 Å². The highest BCUT2D eigenvalue weighted by Gasteiger charge is 2.06. The fraction of sp³-hybridized carbons (Fsp3) is 0.273. The summed E-state index contributed by atoms with van der Waals surface area (Å²) in [7, 11) is 3.55. The average Bonchev–Trinajstić information content (AvgIpc) is 2.71. The topological polar surface area (TPSA) is 60.1 Å². The number of hydrogen-bond acceptors (Lipinski definition) is 4. The van der Waals surface area contributed by atoms with E-state index in [1.54, 1.807) is 13.2 Å². The SMILES string of the molecule is CNCc1cc(-c2ccn(C)c(=O)c2)on1. The van der Waals surface area contributed by atoms with Crippen LogP contribution < -0.4 is 10.9 Å². The smallest absolute Gasteiger partial charge is 0.250 e. The Balaban J connectivity index is 2.35. The van der Waals surface area contributed by atoms with E-state index in [0.29, 0.717) is 12.3 Å². The van der Waals surface area contributed by atoms with Gasteiger partial charge in [0.05, 0.1) is 5.69 Å². The summed E-state index contributed by atoms with van der Waals surface area (Å²) in [5, 5.41) is 6.87. The molecular formula is C11H13N3O2. The van der Waals surface area contributed by atoms with Gasteiger partial charge in [-0.2, -0.15) is 0 Å². The quantitative estimate of drug-likeness (QED) is 0.828. The zero-order valence-electron chi connectivity index (χ0n) is 9.23. The lowest BCUT2D eigenvalue weighted by atomic mass is 10.2. The maximum Gasteiger partial charge on any atom is 0.250 e. The summed E-state index contributed by atoms with van der Waals surface area (Å²) in [5.41, 5.74) is 1.50. The zero-order chi connectivity index (χ0) is 11.5. The van der Waals surface area contributed by atoms with Crippen LogP contribution in [0.3, 0.4) is 0 Å². The van der Waals surface area contributed by atoms with Gasteiger partial charge in [-0.1, -0.05) is 5.16 Å². The lowest BCUT2D eigenvalue weighted by Crippen LogP contribution is -2.13. The third-order valence-corrected chi connectivity index (χ3v) is 2.31. The second-order valence-corrected chi connectivity index (χ2v) is 3.58. The van der Waals surface area contributed by atoms with E-state index >= 15 is 0 Å². The van der Waals surface area contributed by atoms with E-state index in [4.69, 9.17) is 4.52 Å². The minimum Gasteiger partial charge on any atom is -0.356 e. The molecule has 0 saturated carbocycles.